The van der Waals surface area contributed by atoms with Crippen molar-refractivity contribution in [3.05, 3.63) is 50.3 Å². The molecule has 2 aromatic carbocycles. The predicted octanol–water partition coefficient (Wildman–Crippen LogP) is 4.57. The fourth-order valence-electron chi connectivity index (χ4n) is 1.28. The zero-order valence-electron chi connectivity index (χ0n) is 8.58. The molecule has 0 spiro atoms. The van der Waals surface area contributed by atoms with E-state index in [1.165, 1.54) is 12.1 Å². The number of benzene rings is 2. The van der Waals surface area contributed by atoms with E-state index in [-0.39, 0.29) is 5.69 Å². The van der Waals surface area contributed by atoms with Crippen LogP contribution in [0.1, 0.15) is 0 Å². The van der Waals surface area contributed by atoms with Gasteiger partial charge in [0.25, 0.3) is 0 Å². The van der Waals surface area contributed by atoms with Gasteiger partial charge in [0, 0.05) is 12.1 Å². The van der Waals surface area contributed by atoms with Gasteiger partial charge in [0.15, 0.2) is 5.75 Å². The molecule has 5 heteroatoms. The first-order valence-corrected chi connectivity index (χ1v) is 6.62. The Hall–Kier alpha value is -0.820. The minimum atomic E-state index is -0.405. The van der Waals surface area contributed by atoms with Crippen molar-refractivity contribution in [2.45, 2.75) is 0 Å². The van der Waals surface area contributed by atoms with Gasteiger partial charge >= 0.3 is 0 Å². The van der Waals surface area contributed by atoms with E-state index in [1.54, 1.807) is 0 Å². The summed E-state index contributed by atoms with van der Waals surface area (Å²) in [6.45, 7) is 0. The van der Waals surface area contributed by atoms with Crippen LogP contribution in [-0.4, -0.2) is 0 Å². The molecule has 2 rings (SSSR count). The molecule has 0 aliphatic rings. The van der Waals surface area contributed by atoms with Gasteiger partial charge in [-0.1, -0.05) is 12.1 Å². The van der Waals surface area contributed by atoms with Crippen LogP contribution in [0.5, 0.6) is 11.5 Å². The number of halogens is 3. The van der Waals surface area contributed by atoms with Gasteiger partial charge in [-0.3, -0.25) is 0 Å². The highest BCUT2D eigenvalue weighted by atomic mass is 127. The van der Waals surface area contributed by atoms with E-state index in [4.69, 9.17) is 10.5 Å². The quantitative estimate of drug-likeness (QED) is 0.584. The summed E-state index contributed by atoms with van der Waals surface area (Å²) in [6.07, 6.45) is 0. The van der Waals surface area contributed by atoms with Crippen molar-refractivity contribution in [1.29, 1.82) is 0 Å². The van der Waals surface area contributed by atoms with Crippen molar-refractivity contribution in [3.8, 4) is 11.5 Å². The van der Waals surface area contributed by atoms with E-state index < -0.39 is 5.82 Å². The lowest BCUT2D eigenvalue weighted by Crippen LogP contribution is -1.95. The topological polar surface area (TPSA) is 35.2 Å². The molecule has 0 unspecified atom stereocenters. The van der Waals surface area contributed by atoms with Gasteiger partial charge in [0.05, 0.1) is 13.7 Å². The van der Waals surface area contributed by atoms with Crippen LogP contribution >= 0.6 is 38.5 Å². The van der Waals surface area contributed by atoms with Crippen LogP contribution < -0.4 is 10.5 Å². The molecule has 0 aromatic heterocycles. The van der Waals surface area contributed by atoms with Crippen LogP contribution in [0.15, 0.2) is 40.9 Å². The van der Waals surface area contributed by atoms with Gasteiger partial charge in [0.1, 0.15) is 11.6 Å². The maximum absolute atomic E-state index is 13.2. The molecule has 0 atom stereocenters. The number of nitrogens with two attached hydrogens (primary N) is 1. The Balaban J connectivity index is 2.37. The summed E-state index contributed by atoms with van der Waals surface area (Å²) < 4.78 is 20.1. The second-order valence-electron chi connectivity index (χ2n) is 3.34. The third-order valence-corrected chi connectivity index (χ3v) is 3.61. The second kappa shape index (κ2) is 5.22. The maximum Gasteiger partial charge on any atom is 0.151 e. The minimum Gasteiger partial charge on any atom is -0.454 e. The number of para-hydroxylation sites is 1. The monoisotopic (exact) mass is 407 g/mol. The van der Waals surface area contributed by atoms with Gasteiger partial charge < -0.3 is 10.5 Å². The Morgan fingerprint density at radius 3 is 2.59 bits per heavy atom. The summed E-state index contributed by atoms with van der Waals surface area (Å²) >= 11 is 5.26. The van der Waals surface area contributed by atoms with E-state index in [2.05, 4.69) is 38.5 Å². The van der Waals surface area contributed by atoms with Crippen LogP contribution in [0, 0.1) is 9.39 Å². The average Bonchev–Trinajstić information content (AvgIpc) is 2.29. The Morgan fingerprint density at radius 1 is 1.18 bits per heavy atom. The Morgan fingerprint density at radius 2 is 1.88 bits per heavy atom. The molecule has 0 amide bonds. The van der Waals surface area contributed by atoms with Gasteiger partial charge in [-0.2, -0.15) is 0 Å². The third-order valence-electron chi connectivity index (χ3n) is 2.11. The lowest BCUT2D eigenvalue weighted by molar-refractivity contribution is 0.479. The molecule has 2 aromatic rings. The van der Waals surface area contributed by atoms with Crippen LogP contribution in [0.2, 0.25) is 0 Å². The molecule has 2 nitrogen and oxygen atoms in total. The van der Waals surface area contributed by atoms with Crippen molar-refractivity contribution in [3.63, 3.8) is 0 Å². The first-order valence-electron chi connectivity index (χ1n) is 4.75. The highest BCUT2D eigenvalue weighted by Gasteiger charge is 2.09. The zero-order chi connectivity index (χ0) is 12.4. The summed E-state index contributed by atoms with van der Waals surface area (Å²) in [5.41, 5.74) is 5.97. The maximum atomic E-state index is 13.2. The normalized spacial score (nSPS) is 10.3. The van der Waals surface area contributed by atoms with E-state index in [0.717, 1.165) is 3.57 Å². The number of rotatable bonds is 2. The highest BCUT2D eigenvalue weighted by molar-refractivity contribution is 14.1. The molecule has 0 bridgehead atoms. The number of hydrogen-bond donors (Lipinski definition) is 1. The SMILES string of the molecule is Nc1cc(F)c(Br)cc1Oc1ccccc1I. The lowest BCUT2D eigenvalue weighted by atomic mass is 10.3. The first kappa shape index (κ1) is 12.6. The van der Waals surface area contributed by atoms with Crippen LogP contribution in [-0.2, 0) is 0 Å². The molecule has 0 aliphatic carbocycles. The molecule has 17 heavy (non-hydrogen) atoms. The number of anilines is 1. The Labute approximate surface area is 120 Å². The predicted molar refractivity (Wildman–Crippen MR) is 77.7 cm³/mol. The summed E-state index contributed by atoms with van der Waals surface area (Å²) in [4.78, 5) is 0. The molecule has 2 N–H and O–H groups in total. The molecular formula is C12H8BrFINO. The van der Waals surface area contributed by atoms with Crippen LogP contribution in [0.4, 0.5) is 10.1 Å². The summed E-state index contributed by atoms with van der Waals surface area (Å²) in [6, 6.07) is 10.3. The molecule has 0 fully saturated rings. The van der Waals surface area contributed by atoms with Crippen molar-refractivity contribution >= 4 is 44.2 Å². The van der Waals surface area contributed by atoms with Gasteiger partial charge in [-0.15, -0.1) is 0 Å². The standard InChI is InChI=1S/C12H8BrFINO/c13-7-5-12(10(16)6-8(7)14)17-11-4-2-1-3-9(11)15/h1-6H,16H2. The fraction of sp³-hybridized carbons (Fsp3) is 0. The van der Waals surface area contributed by atoms with Crippen molar-refractivity contribution < 1.29 is 9.13 Å². The number of ether oxygens (including phenoxy) is 1. The molecular weight excluding hydrogens is 400 g/mol. The molecule has 0 heterocycles. The van der Waals surface area contributed by atoms with Gasteiger partial charge in [-0.05, 0) is 50.7 Å². The summed E-state index contributed by atoms with van der Waals surface area (Å²) in [5, 5.41) is 0. The molecule has 0 saturated carbocycles. The van der Waals surface area contributed by atoms with E-state index in [0.29, 0.717) is 16.0 Å². The van der Waals surface area contributed by atoms with Crippen LogP contribution in [0.3, 0.4) is 0 Å². The van der Waals surface area contributed by atoms with Crippen molar-refractivity contribution in [2.75, 3.05) is 5.73 Å². The molecule has 88 valence electrons. The largest absolute Gasteiger partial charge is 0.454 e. The lowest BCUT2D eigenvalue weighted by Gasteiger charge is -2.10. The van der Waals surface area contributed by atoms with E-state index in [9.17, 15) is 4.39 Å². The Kier molecular flexibility index (Phi) is 3.88. The van der Waals surface area contributed by atoms with Crippen LogP contribution in [0.25, 0.3) is 0 Å². The van der Waals surface area contributed by atoms with E-state index >= 15 is 0 Å². The number of hydrogen-bond acceptors (Lipinski definition) is 2. The van der Waals surface area contributed by atoms with Crippen molar-refractivity contribution in [1.82, 2.24) is 0 Å². The third kappa shape index (κ3) is 2.90. The smallest absolute Gasteiger partial charge is 0.151 e. The zero-order valence-corrected chi connectivity index (χ0v) is 12.3. The van der Waals surface area contributed by atoms with Gasteiger partial charge in [-0.25, -0.2) is 4.39 Å². The first-order chi connectivity index (χ1) is 8.08. The molecule has 0 aliphatic heterocycles. The minimum absolute atomic E-state index is 0.269. The fourth-order valence-corrected chi connectivity index (χ4v) is 2.10. The number of nitrogen functional groups attached to an aromatic ring is 1. The van der Waals surface area contributed by atoms with E-state index in [1.807, 2.05) is 24.3 Å². The summed E-state index contributed by atoms with van der Waals surface area (Å²) in [7, 11) is 0. The highest BCUT2D eigenvalue weighted by Crippen LogP contribution is 2.33. The molecule has 0 radical (unpaired) electrons. The average molecular weight is 408 g/mol. The van der Waals surface area contributed by atoms with Gasteiger partial charge in [0.2, 0.25) is 0 Å². The summed E-state index contributed by atoms with van der Waals surface area (Å²) in [5.74, 6) is 0.721. The Bertz CT molecular complexity index is 562. The van der Waals surface area contributed by atoms with Crippen molar-refractivity contribution in [2.24, 2.45) is 0 Å². The second-order valence-corrected chi connectivity index (χ2v) is 5.35. The molecule has 0 saturated heterocycles.